The number of hydrogen-bond acceptors (Lipinski definition) is 4. The summed E-state index contributed by atoms with van der Waals surface area (Å²) in [5.74, 6) is 0.780. The van der Waals surface area contributed by atoms with Crippen LogP contribution in [0.25, 0.3) is 0 Å². The van der Waals surface area contributed by atoms with Crippen LogP contribution >= 0.6 is 11.6 Å². The van der Waals surface area contributed by atoms with E-state index in [0.717, 1.165) is 18.7 Å². The number of halogens is 1. The predicted octanol–water partition coefficient (Wildman–Crippen LogP) is 2.05. The van der Waals surface area contributed by atoms with Gasteiger partial charge in [-0.1, -0.05) is 11.6 Å². The molecule has 2 amide bonds. The molecular formula is C18H21ClN4O3. The van der Waals surface area contributed by atoms with Crippen LogP contribution in [0, 0.1) is 0 Å². The van der Waals surface area contributed by atoms with E-state index in [1.165, 1.54) is 7.11 Å². The van der Waals surface area contributed by atoms with Crippen LogP contribution in [0.15, 0.2) is 30.6 Å². The van der Waals surface area contributed by atoms with Crippen molar-refractivity contribution in [3.05, 3.63) is 47.0 Å². The Labute approximate surface area is 156 Å². The fraction of sp³-hybridized carbons (Fsp3) is 0.389. The molecule has 0 bridgehead atoms. The number of aromatic nitrogens is 2. The number of benzene rings is 1. The molecule has 2 N–H and O–H groups in total. The molecule has 1 atom stereocenters. The second-order valence-corrected chi connectivity index (χ2v) is 6.75. The number of likely N-dealkylation sites (tertiary alicyclic amines) is 1. The summed E-state index contributed by atoms with van der Waals surface area (Å²) in [6, 6.07) is 5.01. The largest absolute Gasteiger partial charge is 0.496 e. The predicted molar refractivity (Wildman–Crippen MR) is 97.3 cm³/mol. The standard InChI is InChI=1S/C18H21ClN4O3/c1-26-15-5-4-13(19)9-14(15)18(25)23-7-2-3-12(10-23)17-21-6-8-22(17)11-16(20)24/h4-6,8-9,12H,2-3,7,10-11H2,1H3,(H2,20,24)/t12-/m0/s1. The fourth-order valence-corrected chi connectivity index (χ4v) is 3.54. The van der Waals surface area contributed by atoms with E-state index in [4.69, 9.17) is 22.1 Å². The summed E-state index contributed by atoms with van der Waals surface area (Å²) in [4.78, 5) is 30.4. The molecule has 1 aromatic carbocycles. The minimum absolute atomic E-state index is 0.0484. The number of ether oxygens (including phenoxy) is 1. The third kappa shape index (κ3) is 3.83. The molecule has 0 radical (unpaired) electrons. The van der Waals surface area contributed by atoms with Crippen LogP contribution < -0.4 is 10.5 Å². The van der Waals surface area contributed by atoms with Gasteiger partial charge in [0.05, 0.1) is 12.7 Å². The van der Waals surface area contributed by atoms with Crippen LogP contribution in [0.1, 0.15) is 34.9 Å². The summed E-state index contributed by atoms with van der Waals surface area (Å²) in [6.07, 6.45) is 5.13. The van der Waals surface area contributed by atoms with E-state index in [0.29, 0.717) is 29.4 Å². The van der Waals surface area contributed by atoms with Gasteiger partial charge in [0.25, 0.3) is 5.91 Å². The van der Waals surface area contributed by atoms with E-state index in [1.54, 1.807) is 40.1 Å². The normalized spacial score (nSPS) is 17.2. The second kappa shape index (κ2) is 7.78. The Balaban J connectivity index is 1.81. The van der Waals surface area contributed by atoms with E-state index in [-0.39, 0.29) is 18.4 Å². The van der Waals surface area contributed by atoms with E-state index < -0.39 is 5.91 Å². The molecule has 1 fully saturated rings. The number of primary amides is 1. The van der Waals surface area contributed by atoms with E-state index in [2.05, 4.69) is 4.98 Å². The lowest BCUT2D eigenvalue weighted by atomic mass is 9.96. The van der Waals surface area contributed by atoms with Gasteiger partial charge < -0.3 is 19.9 Å². The maximum Gasteiger partial charge on any atom is 0.257 e. The number of nitrogens with zero attached hydrogens (tertiary/aromatic N) is 3. The van der Waals surface area contributed by atoms with Crippen molar-refractivity contribution in [3.63, 3.8) is 0 Å². The molecule has 0 spiro atoms. The Morgan fingerprint density at radius 1 is 1.42 bits per heavy atom. The monoisotopic (exact) mass is 376 g/mol. The molecule has 3 rings (SSSR count). The average molecular weight is 377 g/mol. The Kier molecular flexibility index (Phi) is 5.46. The third-order valence-corrected chi connectivity index (χ3v) is 4.77. The minimum atomic E-state index is -0.420. The highest BCUT2D eigenvalue weighted by molar-refractivity contribution is 6.31. The molecule has 26 heavy (non-hydrogen) atoms. The van der Waals surface area contributed by atoms with Gasteiger partial charge in [0, 0.05) is 36.4 Å². The summed E-state index contributed by atoms with van der Waals surface area (Å²) >= 11 is 6.05. The van der Waals surface area contributed by atoms with Crippen molar-refractivity contribution < 1.29 is 14.3 Å². The summed E-state index contributed by atoms with van der Waals surface area (Å²) in [5, 5.41) is 0.486. The molecular weight excluding hydrogens is 356 g/mol. The molecule has 0 aliphatic carbocycles. The summed E-state index contributed by atoms with van der Waals surface area (Å²) in [6.45, 7) is 1.26. The number of nitrogens with two attached hydrogens (primary N) is 1. The minimum Gasteiger partial charge on any atom is -0.496 e. The Morgan fingerprint density at radius 3 is 2.96 bits per heavy atom. The fourth-order valence-electron chi connectivity index (χ4n) is 3.37. The van der Waals surface area contributed by atoms with Gasteiger partial charge in [-0.3, -0.25) is 9.59 Å². The molecule has 0 unspecified atom stereocenters. The topological polar surface area (TPSA) is 90.4 Å². The second-order valence-electron chi connectivity index (χ2n) is 6.31. The molecule has 2 heterocycles. The lowest BCUT2D eigenvalue weighted by Crippen LogP contribution is -2.40. The first-order chi connectivity index (χ1) is 12.5. The SMILES string of the molecule is COc1ccc(Cl)cc1C(=O)N1CCC[C@H](c2nccn2CC(N)=O)C1. The molecule has 138 valence electrons. The van der Waals surface area contributed by atoms with Gasteiger partial charge in [-0.15, -0.1) is 0 Å². The van der Waals surface area contributed by atoms with Crippen LogP contribution in [-0.4, -0.2) is 46.5 Å². The maximum absolute atomic E-state index is 13.0. The summed E-state index contributed by atoms with van der Waals surface area (Å²) < 4.78 is 7.05. The van der Waals surface area contributed by atoms with Gasteiger partial charge >= 0.3 is 0 Å². The first kappa shape index (κ1) is 18.3. The quantitative estimate of drug-likeness (QED) is 0.864. The third-order valence-electron chi connectivity index (χ3n) is 4.54. The van der Waals surface area contributed by atoms with Gasteiger partial charge in [0.15, 0.2) is 0 Å². The van der Waals surface area contributed by atoms with Crippen molar-refractivity contribution in [1.82, 2.24) is 14.5 Å². The molecule has 2 aromatic rings. The van der Waals surface area contributed by atoms with Crippen LogP contribution in [0.2, 0.25) is 5.02 Å². The Morgan fingerprint density at radius 2 is 2.23 bits per heavy atom. The molecule has 8 heteroatoms. The first-order valence-electron chi connectivity index (χ1n) is 8.41. The van der Waals surface area contributed by atoms with Gasteiger partial charge in [-0.2, -0.15) is 0 Å². The van der Waals surface area contributed by atoms with E-state index >= 15 is 0 Å². The zero-order valence-corrected chi connectivity index (χ0v) is 15.3. The van der Waals surface area contributed by atoms with Crippen molar-refractivity contribution >= 4 is 23.4 Å². The Bertz CT molecular complexity index is 821. The Hall–Kier alpha value is -2.54. The zero-order valence-electron chi connectivity index (χ0n) is 14.5. The van der Waals surface area contributed by atoms with E-state index in [9.17, 15) is 9.59 Å². The van der Waals surface area contributed by atoms with Gasteiger partial charge in [0.1, 0.15) is 18.1 Å². The van der Waals surface area contributed by atoms with Gasteiger partial charge in [-0.25, -0.2) is 4.98 Å². The first-order valence-corrected chi connectivity index (χ1v) is 8.79. The van der Waals surface area contributed by atoms with Crippen LogP contribution in [0.3, 0.4) is 0 Å². The number of imidazole rings is 1. The molecule has 0 saturated carbocycles. The number of carbonyl (C=O) groups excluding carboxylic acids is 2. The number of methoxy groups -OCH3 is 1. The van der Waals surface area contributed by atoms with Crippen LogP contribution in [0.5, 0.6) is 5.75 Å². The number of piperidine rings is 1. The van der Waals surface area contributed by atoms with Crippen molar-refractivity contribution in [2.24, 2.45) is 5.73 Å². The molecule has 1 saturated heterocycles. The summed E-state index contributed by atoms with van der Waals surface area (Å²) in [5.41, 5.74) is 5.75. The summed E-state index contributed by atoms with van der Waals surface area (Å²) in [7, 11) is 1.53. The molecule has 1 aliphatic rings. The molecule has 7 nitrogen and oxygen atoms in total. The van der Waals surface area contributed by atoms with E-state index in [1.807, 2.05) is 0 Å². The lowest BCUT2D eigenvalue weighted by Gasteiger charge is -2.33. The van der Waals surface area contributed by atoms with Gasteiger partial charge in [-0.05, 0) is 31.0 Å². The van der Waals surface area contributed by atoms with Gasteiger partial charge in [0.2, 0.25) is 5.91 Å². The van der Waals surface area contributed by atoms with Crippen molar-refractivity contribution in [3.8, 4) is 5.75 Å². The number of carbonyl (C=O) groups is 2. The smallest absolute Gasteiger partial charge is 0.257 e. The number of hydrogen-bond donors (Lipinski definition) is 1. The highest BCUT2D eigenvalue weighted by Gasteiger charge is 2.29. The lowest BCUT2D eigenvalue weighted by molar-refractivity contribution is -0.118. The van der Waals surface area contributed by atoms with Crippen molar-refractivity contribution in [2.75, 3.05) is 20.2 Å². The average Bonchev–Trinajstić information content (AvgIpc) is 3.08. The molecule has 1 aliphatic heterocycles. The highest BCUT2D eigenvalue weighted by Crippen LogP contribution is 2.29. The number of amides is 2. The van der Waals surface area contributed by atoms with Crippen molar-refractivity contribution in [1.29, 1.82) is 0 Å². The maximum atomic E-state index is 13.0. The highest BCUT2D eigenvalue weighted by atomic mass is 35.5. The number of rotatable bonds is 5. The molecule has 1 aromatic heterocycles. The van der Waals surface area contributed by atoms with Crippen LogP contribution in [0.4, 0.5) is 0 Å². The zero-order chi connectivity index (χ0) is 18.7. The van der Waals surface area contributed by atoms with Crippen molar-refractivity contribution in [2.45, 2.75) is 25.3 Å². The van der Waals surface area contributed by atoms with Crippen LogP contribution in [-0.2, 0) is 11.3 Å².